The fraction of sp³-hybridized carbons (Fsp3) is 0.415. The molecule has 5 aliphatic heterocycles. The van der Waals surface area contributed by atoms with Crippen LogP contribution in [-0.2, 0) is 26.3 Å². The highest BCUT2D eigenvalue weighted by molar-refractivity contribution is 6.31. The highest BCUT2D eigenvalue weighted by atomic mass is 35.5. The van der Waals surface area contributed by atoms with E-state index in [0.717, 1.165) is 41.6 Å². The van der Waals surface area contributed by atoms with E-state index in [-0.39, 0.29) is 64.4 Å². The minimum atomic E-state index is -0.894. The topological polar surface area (TPSA) is 149 Å². The zero-order chi connectivity index (χ0) is 47.9. The van der Waals surface area contributed by atoms with E-state index in [1.54, 1.807) is 41.3 Å². The Morgan fingerprint density at radius 2 is 1.78 bits per heavy atom. The minimum Gasteiger partial charge on any atom is -0.495 e. The molecule has 2 spiro atoms. The van der Waals surface area contributed by atoms with Crippen LogP contribution in [0.15, 0.2) is 72.8 Å². The van der Waals surface area contributed by atoms with E-state index in [4.69, 9.17) is 27.9 Å². The van der Waals surface area contributed by atoms with Crippen molar-refractivity contribution < 1.29 is 33.1 Å². The molecule has 0 aromatic heterocycles. The van der Waals surface area contributed by atoms with Gasteiger partial charge in [0.05, 0.1) is 23.9 Å². The summed E-state index contributed by atoms with van der Waals surface area (Å²) in [5.74, 6) is 4.53. The third-order valence-corrected chi connectivity index (χ3v) is 15.8. The van der Waals surface area contributed by atoms with Gasteiger partial charge in [0, 0.05) is 83.3 Å². The van der Waals surface area contributed by atoms with Gasteiger partial charge in [-0.05, 0) is 108 Å². The van der Waals surface area contributed by atoms with Crippen molar-refractivity contribution in [2.24, 2.45) is 16.7 Å². The maximum absolute atomic E-state index is 16.3. The van der Waals surface area contributed by atoms with Crippen molar-refractivity contribution in [1.29, 1.82) is 0 Å². The van der Waals surface area contributed by atoms with Crippen LogP contribution >= 0.6 is 23.2 Å². The second-order valence-corrected chi connectivity index (χ2v) is 21.3. The highest BCUT2D eigenvalue weighted by Crippen LogP contribution is 2.60. The number of nitrogens with zero attached hydrogens (tertiary/aromatic N) is 2. The third kappa shape index (κ3) is 7.98. The van der Waals surface area contributed by atoms with Crippen LogP contribution in [0, 0.1) is 34.4 Å². The van der Waals surface area contributed by atoms with E-state index in [1.165, 1.54) is 13.2 Å². The first-order valence-corrected chi connectivity index (χ1v) is 24.1. The van der Waals surface area contributed by atoms with Crippen molar-refractivity contribution >= 4 is 64.1 Å². The van der Waals surface area contributed by atoms with Crippen molar-refractivity contribution in [1.82, 2.24) is 20.4 Å². The number of piperidine rings is 2. The van der Waals surface area contributed by atoms with Gasteiger partial charge < -0.3 is 30.5 Å². The van der Waals surface area contributed by atoms with E-state index in [1.807, 2.05) is 35.2 Å². The molecule has 4 N–H and O–H groups in total. The smallest absolute Gasteiger partial charge is 0.255 e. The van der Waals surface area contributed by atoms with Crippen molar-refractivity contribution in [3.63, 3.8) is 0 Å². The number of carbonyl (C=O) groups excluding carboxylic acids is 5. The molecule has 6 atom stereocenters. The molecule has 10 rings (SSSR count). The van der Waals surface area contributed by atoms with Gasteiger partial charge in [-0.2, -0.15) is 0 Å². The number of imide groups is 1. The van der Waals surface area contributed by atoms with Crippen LogP contribution in [0.5, 0.6) is 5.75 Å². The fourth-order valence-electron chi connectivity index (χ4n) is 11.7. The highest BCUT2D eigenvalue weighted by Gasteiger charge is 2.62. The average molecular weight is 960 g/mol. The normalized spacial score (nSPS) is 25.6. The first-order valence-electron chi connectivity index (χ1n) is 23.3. The fourth-order valence-corrected chi connectivity index (χ4v) is 12.1. The Morgan fingerprint density at radius 1 is 1.00 bits per heavy atom. The van der Waals surface area contributed by atoms with E-state index in [2.05, 4.69) is 53.9 Å². The molecule has 4 aromatic carbocycles. The maximum Gasteiger partial charge on any atom is 0.255 e. The van der Waals surface area contributed by atoms with Gasteiger partial charge in [0.1, 0.15) is 17.6 Å². The van der Waals surface area contributed by atoms with Crippen molar-refractivity contribution in [3.05, 3.63) is 122 Å². The van der Waals surface area contributed by atoms with Gasteiger partial charge >= 0.3 is 0 Å². The Morgan fingerprint density at radius 3 is 2.53 bits per heavy atom. The van der Waals surface area contributed by atoms with Crippen LogP contribution in [0.1, 0.15) is 108 Å². The SMILES string of the molecule is COc1cc(C(=O)N2CCC3(CC2)C[C@@H]3C#Cc2cccc3c2CN(C2CCC(=O)NC2=O)C3=O)ccc1NC(=O)[C@@H]1N[C@@H](CC(C)(C)C)[C@@]2(CNc3cc(Cl)ccc32)[C@H]1c1cccc(Cl)c1F. The van der Waals surface area contributed by atoms with Gasteiger partial charge in [-0.25, -0.2) is 4.39 Å². The third-order valence-electron chi connectivity index (χ3n) is 15.3. The molecule has 0 radical (unpaired) electrons. The minimum absolute atomic E-state index is 0.0103. The van der Waals surface area contributed by atoms with Gasteiger partial charge in [0.2, 0.25) is 17.7 Å². The number of amides is 5. The first-order chi connectivity index (χ1) is 32.5. The molecule has 6 aliphatic rings. The molecular weight excluding hydrogens is 907 g/mol. The summed E-state index contributed by atoms with van der Waals surface area (Å²) in [6, 6.07) is 19.3. The van der Waals surface area contributed by atoms with Crippen LogP contribution in [0.25, 0.3) is 0 Å². The molecule has 15 heteroatoms. The number of nitrogens with one attached hydrogen (secondary N) is 4. The standard InChI is InChI=1S/C53H53Cl2FN6O6/c1-51(2,3)26-42-53(28-57-39-24-32(54)14-15-36(39)53)44(34-9-6-10-37(55)45(34)56)46(59-42)48(65)58-38-16-12-30(23-41(38)68-4)49(66)61-21-19-52(20-22-61)25-31(52)13-11-29-7-5-8-33-35(29)27-62(50(33)67)40-17-18-43(63)60-47(40)64/h5-10,12,14-16,23-24,31,40,42,44,46,57,59H,17-22,25-28H2,1-4H3,(H,58,65)(H,60,63,64)/t31-,40?,42-,44-,46+,53-/m0/s1. The van der Waals surface area contributed by atoms with Gasteiger partial charge in [-0.3, -0.25) is 29.3 Å². The molecule has 0 bridgehead atoms. The Hall–Kier alpha value is -5.94. The molecule has 3 saturated heterocycles. The summed E-state index contributed by atoms with van der Waals surface area (Å²) in [5.41, 5.74) is 4.13. The van der Waals surface area contributed by atoms with Gasteiger partial charge in [-0.1, -0.05) is 80.1 Å². The predicted octanol–water partition coefficient (Wildman–Crippen LogP) is 8.06. The number of methoxy groups -OCH3 is 1. The van der Waals surface area contributed by atoms with Crippen molar-refractivity contribution in [3.8, 4) is 17.6 Å². The van der Waals surface area contributed by atoms with E-state index in [0.29, 0.717) is 65.6 Å². The second kappa shape index (κ2) is 17.2. The van der Waals surface area contributed by atoms with E-state index in [9.17, 15) is 24.0 Å². The zero-order valence-corrected chi connectivity index (χ0v) is 39.9. The van der Waals surface area contributed by atoms with E-state index >= 15 is 4.39 Å². The second-order valence-electron chi connectivity index (χ2n) is 20.5. The first kappa shape index (κ1) is 45.8. The Balaban J connectivity index is 0.830. The van der Waals surface area contributed by atoms with Crippen LogP contribution in [0.3, 0.4) is 0 Å². The van der Waals surface area contributed by atoms with Crippen LogP contribution in [-0.4, -0.2) is 84.2 Å². The molecule has 12 nitrogen and oxygen atoms in total. The van der Waals surface area contributed by atoms with Gasteiger partial charge in [-0.15, -0.1) is 0 Å². The predicted molar refractivity (Wildman–Crippen MR) is 257 cm³/mol. The Bertz CT molecular complexity index is 2860. The lowest BCUT2D eigenvalue weighted by Gasteiger charge is -2.39. The van der Waals surface area contributed by atoms with Crippen molar-refractivity contribution in [2.75, 3.05) is 37.4 Å². The average Bonchev–Trinajstić information content (AvgIpc) is 3.51. The largest absolute Gasteiger partial charge is 0.495 e. The molecule has 68 heavy (non-hydrogen) atoms. The van der Waals surface area contributed by atoms with E-state index < -0.39 is 35.1 Å². The summed E-state index contributed by atoms with van der Waals surface area (Å²) >= 11 is 12.9. The molecule has 352 valence electrons. The monoisotopic (exact) mass is 958 g/mol. The molecule has 5 heterocycles. The number of anilines is 2. The summed E-state index contributed by atoms with van der Waals surface area (Å²) in [6.45, 7) is 8.27. The maximum atomic E-state index is 16.3. The molecule has 1 saturated carbocycles. The molecule has 5 amide bonds. The van der Waals surface area contributed by atoms with Crippen LogP contribution in [0.4, 0.5) is 15.8 Å². The molecule has 4 aromatic rings. The number of carbonyl (C=O) groups is 5. The number of halogens is 3. The number of hydrogen-bond acceptors (Lipinski definition) is 8. The quantitative estimate of drug-likeness (QED) is 0.108. The number of ether oxygens (including phenoxy) is 1. The number of rotatable bonds is 7. The lowest BCUT2D eigenvalue weighted by Crippen LogP contribution is -2.52. The number of fused-ring (bicyclic) bond motifs is 3. The summed E-state index contributed by atoms with van der Waals surface area (Å²) < 4.78 is 22.1. The Kier molecular flexibility index (Phi) is 11.6. The Labute approximate surface area is 405 Å². The lowest BCUT2D eigenvalue weighted by molar-refractivity contribution is -0.137. The summed E-state index contributed by atoms with van der Waals surface area (Å²) in [4.78, 5) is 69.8. The molecule has 1 aliphatic carbocycles. The molecule has 1 unspecified atom stereocenters. The lowest BCUT2D eigenvalue weighted by atomic mass is 9.63. The number of benzene rings is 4. The van der Waals surface area contributed by atoms with Crippen molar-refractivity contribution in [2.45, 2.75) is 95.3 Å². The summed E-state index contributed by atoms with van der Waals surface area (Å²) in [5, 5.41) is 13.2. The van der Waals surface area contributed by atoms with Gasteiger partial charge in [0.15, 0.2) is 0 Å². The molecule has 4 fully saturated rings. The van der Waals surface area contributed by atoms with Crippen LogP contribution in [0.2, 0.25) is 10.0 Å². The number of hydrogen-bond donors (Lipinski definition) is 4. The summed E-state index contributed by atoms with van der Waals surface area (Å²) in [6.07, 6.45) is 3.69. The van der Waals surface area contributed by atoms with Crippen LogP contribution < -0.4 is 26.0 Å². The number of likely N-dealkylation sites (tertiary alicyclic amines) is 1. The summed E-state index contributed by atoms with van der Waals surface area (Å²) in [7, 11) is 1.49. The zero-order valence-electron chi connectivity index (χ0n) is 38.4. The molecular formula is C53H53Cl2FN6O6. The van der Waals surface area contributed by atoms with Gasteiger partial charge in [0.25, 0.3) is 11.8 Å².